The van der Waals surface area contributed by atoms with Crippen LogP contribution >= 0.6 is 23.4 Å². The lowest BCUT2D eigenvalue weighted by molar-refractivity contribution is -0.113. The number of halogens is 1. The molecule has 1 fully saturated rings. The average Bonchev–Trinajstić information content (AvgIpc) is 2.40. The number of hydrogen-bond acceptors (Lipinski definition) is 4. The van der Waals surface area contributed by atoms with Crippen LogP contribution in [0.4, 0.5) is 5.69 Å². The van der Waals surface area contributed by atoms with Crippen molar-refractivity contribution in [2.24, 2.45) is 0 Å². The van der Waals surface area contributed by atoms with E-state index in [0.29, 0.717) is 21.8 Å². The van der Waals surface area contributed by atoms with Crippen LogP contribution in [0.25, 0.3) is 0 Å². The Balaban J connectivity index is 1.73. The van der Waals surface area contributed by atoms with E-state index in [1.165, 1.54) is 0 Å². The van der Waals surface area contributed by atoms with Gasteiger partial charge in [0.1, 0.15) is 5.15 Å². The molecule has 2 heterocycles. The molecule has 18 heavy (non-hydrogen) atoms. The molecular weight excluding hydrogens is 270 g/mol. The third kappa shape index (κ3) is 4.48. The fraction of sp³-hybridized carbons (Fsp3) is 0.500. The highest BCUT2D eigenvalue weighted by molar-refractivity contribution is 8.00. The van der Waals surface area contributed by atoms with E-state index in [4.69, 9.17) is 11.6 Å². The first-order valence-electron chi connectivity index (χ1n) is 5.98. The number of pyridine rings is 1. The zero-order valence-corrected chi connectivity index (χ0v) is 11.6. The first-order valence-corrected chi connectivity index (χ1v) is 7.40. The number of aromatic nitrogens is 1. The number of hydrogen-bond donors (Lipinski definition) is 2. The van der Waals surface area contributed by atoms with Gasteiger partial charge in [-0.15, -0.1) is 11.8 Å². The molecule has 0 bridgehead atoms. The molecule has 0 unspecified atom stereocenters. The quantitative estimate of drug-likeness (QED) is 0.833. The van der Waals surface area contributed by atoms with Crippen LogP contribution in [-0.2, 0) is 4.79 Å². The van der Waals surface area contributed by atoms with Crippen LogP contribution in [-0.4, -0.2) is 35.0 Å². The van der Waals surface area contributed by atoms with Gasteiger partial charge in [-0.05, 0) is 38.1 Å². The second kappa shape index (κ2) is 6.97. The lowest BCUT2D eigenvalue weighted by Gasteiger charge is -2.21. The summed E-state index contributed by atoms with van der Waals surface area (Å²) >= 11 is 7.41. The van der Waals surface area contributed by atoms with Gasteiger partial charge in [-0.2, -0.15) is 0 Å². The molecule has 0 aromatic carbocycles. The summed E-state index contributed by atoms with van der Waals surface area (Å²) in [5, 5.41) is 7.15. The van der Waals surface area contributed by atoms with Crippen molar-refractivity contribution >= 4 is 35.0 Å². The second-order valence-electron chi connectivity index (χ2n) is 4.18. The van der Waals surface area contributed by atoms with Crippen LogP contribution < -0.4 is 10.6 Å². The molecule has 6 heteroatoms. The number of nitrogens with one attached hydrogen (secondary N) is 2. The van der Waals surface area contributed by atoms with Gasteiger partial charge >= 0.3 is 0 Å². The van der Waals surface area contributed by atoms with Crippen molar-refractivity contribution in [1.82, 2.24) is 10.3 Å². The normalized spacial score (nSPS) is 16.5. The Hall–Kier alpha value is -0.780. The number of piperidine rings is 1. The van der Waals surface area contributed by atoms with Crippen molar-refractivity contribution in [2.75, 3.05) is 24.2 Å². The van der Waals surface area contributed by atoms with Crippen LogP contribution in [0.1, 0.15) is 12.8 Å². The lowest BCUT2D eigenvalue weighted by atomic mass is 10.2. The van der Waals surface area contributed by atoms with Crippen molar-refractivity contribution < 1.29 is 4.79 Å². The maximum Gasteiger partial charge on any atom is 0.234 e. The second-order valence-corrected chi connectivity index (χ2v) is 5.85. The van der Waals surface area contributed by atoms with E-state index in [-0.39, 0.29) is 5.91 Å². The molecule has 0 saturated carbocycles. The third-order valence-electron chi connectivity index (χ3n) is 2.75. The van der Waals surface area contributed by atoms with Gasteiger partial charge in [-0.1, -0.05) is 11.6 Å². The summed E-state index contributed by atoms with van der Waals surface area (Å²) in [7, 11) is 0. The number of carbonyl (C=O) groups excluding carboxylic acids is 1. The van der Waals surface area contributed by atoms with E-state index in [1.54, 1.807) is 30.1 Å². The van der Waals surface area contributed by atoms with Crippen LogP contribution in [0.5, 0.6) is 0 Å². The maximum absolute atomic E-state index is 11.7. The molecule has 0 radical (unpaired) electrons. The Labute approximate surface area is 116 Å². The molecule has 1 aromatic heterocycles. The maximum atomic E-state index is 11.7. The van der Waals surface area contributed by atoms with Crippen LogP contribution in [0.2, 0.25) is 5.15 Å². The van der Waals surface area contributed by atoms with E-state index in [9.17, 15) is 4.79 Å². The lowest BCUT2D eigenvalue weighted by Crippen LogP contribution is -2.30. The first kappa shape index (κ1) is 13.6. The molecule has 2 N–H and O–H groups in total. The van der Waals surface area contributed by atoms with E-state index in [2.05, 4.69) is 15.6 Å². The largest absolute Gasteiger partial charge is 0.324 e. The minimum absolute atomic E-state index is 0.0163. The highest BCUT2D eigenvalue weighted by atomic mass is 35.5. The average molecular weight is 286 g/mol. The highest BCUT2D eigenvalue weighted by Crippen LogP contribution is 2.20. The van der Waals surface area contributed by atoms with E-state index < -0.39 is 0 Å². The Bertz CT molecular complexity index is 393. The Morgan fingerprint density at radius 2 is 2.28 bits per heavy atom. The van der Waals surface area contributed by atoms with Gasteiger partial charge in [-0.25, -0.2) is 4.98 Å². The van der Waals surface area contributed by atoms with E-state index >= 15 is 0 Å². The van der Waals surface area contributed by atoms with Gasteiger partial charge in [0.05, 0.1) is 17.6 Å². The molecule has 98 valence electrons. The van der Waals surface area contributed by atoms with Crippen molar-refractivity contribution in [3.8, 4) is 0 Å². The molecule has 1 aliphatic heterocycles. The van der Waals surface area contributed by atoms with E-state index in [0.717, 1.165) is 25.9 Å². The summed E-state index contributed by atoms with van der Waals surface area (Å²) < 4.78 is 0. The Kier molecular flexibility index (Phi) is 5.28. The molecule has 0 spiro atoms. The topological polar surface area (TPSA) is 54.0 Å². The SMILES string of the molecule is O=C(CSC1CCNCC1)Nc1ccc(Cl)nc1. The Morgan fingerprint density at radius 3 is 2.94 bits per heavy atom. The summed E-state index contributed by atoms with van der Waals surface area (Å²) in [5.41, 5.74) is 0.690. The van der Waals surface area contributed by atoms with Crippen LogP contribution in [0.15, 0.2) is 18.3 Å². The van der Waals surface area contributed by atoms with Crippen molar-refractivity contribution in [2.45, 2.75) is 18.1 Å². The molecular formula is C12H16ClN3OS. The number of nitrogens with zero attached hydrogens (tertiary/aromatic N) is 1. The monoisotopic (exact) mass is 285 g/mol. The first-order chi connectivity index (χ1) is 8.74. The molecule has 0 atom stereocenters. The van der Waals surface area contributed by atoms with Gasteiger partial charge < -0.3 is 10.6 Å². The molecule has 0 aliphatic carbocycles. The van der Waals surface area contributed by atoms with E-state index in [1.807, 2.05) is 0 Å². The predicted octanol–water partition coefficient (Wildman–Crippen LogP) is 2.16. The summed E-state index contributed by atoms with van der Waals surface area (Å²) in [6.07, 6.45) is 3.84. The number of anilines is 1. The Morgan fingerprint density at radius 1 is 1.50 bits per heavy atom. The predicted molar refractivity (Wildman–Crippen MR) is 76.2 cm³/mol. The number of amides is 1. The summed E-state index contributed by atoms with van der Waals surface area (Å²) in [4.78, 5) is 15.6. The zero-order valence-electron chi connectivity index (χ0n) is 9.99. The number of rotatable bonds is 4. The molecule has 2 rings (SSSR count). The van der Waals surface area contributed by atoms with Gasteiger partial charge in [0.25, 0.3) is 0 Å². The smallest absolute Gasteiger partial charge is 0.234 e. The van der Waals surface area contributed by atoms with Crippen LogP contribution in [0, 0.1) is 0 Å². The summed E-state index contributed by atoms with van der Waals surface area (Å²) in [6, 6.07) is 3.42. The van der Waals surface area contributed by atoms with Crippen LogP contribution in [0.3, 0.4) is 0 Å². The zero-order chi connectivity index (χ0) is 12.8. The molecule has 1 aromatic rings. The van der Waals surface area contributed by atoms with Gasteiger partial charge in [0, 0.05) is 5.25 Å². The number of carbonyl (C=O) groups is 1. The molecule has 1 saturated heterocycles. The minimum Gasteiger partial charge on any atom is -0.324 e. The standard InChI is InChI=1S/C12H16ClN3OS/c13-11-2-1-9(7-15-11)16-12(17)8-18-10-3-5-14-6-4-10/h1-2,7,10,14H,3-6,8H2,(H,16,17). The summed E-state index contributed by atoms with van der Waals surface area (Å²) in [5.74, 6) is 0.510. The molecule has 4 nitrogen and oxygen atoms in total. The highest BCUT2D eigenvalue weighted by Gasteiger charge is 2.14. The van der Waals surface area contributed by atoms with Gasteiger partial charge in [-0.3, -0.25) is 4.79 Å². The van der Waals surface area contributed by atoms with Crippen molar-refractivity contribution in [3.05, 3.63) is 23.5 Å². The third-order valence-corrected chi connectivity index (χ3v) is 4.34. The molecule has 1 amide bonds. The van der Waals surface area contributed by atoms with Crippen molar-refractivity contribution in [3.63, 3.8) is 0 Å². The number of thioether (sulfide) groups is 1. The van der Waals surface area contributed by atoms with Gasteiger partial charge in [0.15, 0.2) is 0 Å². The fourth-order valence-corrected chi connectivity index (χ4v) is 2.94. The summed E-state index contributed by atoms with van der Waals surface area (Å²) in [6.45, 7) is 2.11. The molecule has 1 aliphatic rings. The fourth-order valence-electron chi connectivity index (χ4n) is 1.80. The van der Waals surface area contributed by atoms with Crippen molar-refractivity contribution in [1.29, 1.82) is 0 Å². The van der Waals surface area contributed by atoms with Gasteiger partial charge in [0.2, 0.25) is 5.91 Å². The minimum atomic E-state index is 0.0163.